The van der Waals surface area contributed by atoms with E-state index in [1.54, 1.807) is 24.3 Å². The van der Waals surface area contributed by atoms with Gasteiger partial charge in [-0.25, -0.2) is 4.79 Å². The Morgan fingerprint density at radius 3 is 2.10 bits per heavy atom. The van der Waals surface area contributed by atoms with Crippen LogP contribution in [0.2, 0.25) is 0 Å². The van der Waals surface area contributed by atoms with E-state index in [0.29, 0.717) is 16.2 Å². The first kappa shape index (κ1) is 42.8. The van der Waals surface area contributed by atoms with Crippen molar-refractivity contribution in [3.05, 3.63) is 111 Å². The van der Waals surface area contributed by atoms with E-state index in [2.05, 4.69) is 5.32 Å². The molecule has 4 aromatic carbocycles. The van der Waals surface area contributed by atoms with Crippen molar-refractivity contribution < 1.29 is 78.1 Å². The van der Waals surface area contributed by atoms with Crippen LogP contribution in [0.3, 0.4) is 0 Å². The molecule has 0 aromatic heterocycles. The molecule has 2 saturated heterocycles. The Hall–Kier alpha value is -6.83. The van der Waals surface area contributed by atoms with Gasteiger partial charge in [-0.2, -0.15) is 0 Å². The molecule has 63 heavy (non-hydrogen) atoms. The summed E-state index contributed by atoms with van der Waals surface area (Å²) >= 11 is 0. The summed E-state index contributed by atoms with van der Waals surface area (Å²) in [5.74, 6) is -6.87. The highest BCUT2D eigenvalue weighted by molar-refractivity contribution is 6.31. The summed E-state index contributed by atoms with van der Waals surface area (Å²) in [5.41, 5.74) is -2.58. The monoisotopic (exact) mass is 864 g/mol. The third-order valence-corrected chi connectivity index (χ3v) is 11.9. The lowest BCUT2D eigenvalue weighted by Gasteiger charge is -2.43. The molecule has 0 saturated carbocycles. The first-order valence-electron chi connectivity index (χ1n) is 19.9. The Morgan fingerprint density at radius 1 is 0.857 bits per heavy atom. The predicted molar refractivity (Wildman–Crippen MR) is 213 cm³/mol. The lowest BCUT2D eigenvalue weighted by atomic mass is 9.72. The lowest BCUT2D eigenvalue weighted by Crippen LogP contribution is -2.55. The number of hydrogen-bond donors (Lipinski definition) is 6. The minimum atomic E-state index is -2.38. The average molecular weight is 865 g/mol. The molecule has 2 fully saturated rings. The number of carbonyl (C=O) groups excluding carboxylic acids is 7. The number of nitrogens with one attached hydrogen (secondary N) is 1. The van der Waals surface area contributed by atoms with Gasteiger partial charge in [0.2, 0.25) is 5.78 Å². The molecule has 2 aliphatic heterocycles. The van der Waals surface area contributed by atoms with E-state index in [1.807, 2.05) is 0 Å². The van der Waals surface area contributed by atoms with Crippen LogP contribution in [0.1, 0.15) is 102 Å². The lowest BCUT2D eigenvalue weighted by molar-refractivity contribution is -0.249. The predicted octanol–water partition coefficient (Wildman–Crippen LogP) is 2.36. The van der Waals surface area contributed by atoms with Crippen LogP contribution in [0.5, 0.6) is 17.2 Å². The molecule has 326 valence electrons. The number of benzene rings is 4. The van der Waals surface area contributed by atoms with Gasteiger partial charge in [-0.05, 0) is 48.4 Å². The van der Waals surface area contributed by atoms with Gasteiger partial charge in [-0.15, -0.1) is 5.06 Å². The van der Waals surface area contributed by atoms with Crippen molar-refractivity contribution in [1.82, 2.24) is 10.4 Å². The van der Waals surface area contributed by atoms with E-state index in [1.165, 1.54) is 56.5 Å². The van der Waals surface area contributed by atoms with Crippen molar-refractivity contribution in [1.29, 1.82) is 0 Å². The SMILES string of the molecule is COc1cccc2c1C(=O)c1c(O)c3c(c(O)c1C2=O)C[C@@](O)(C(=O)CO)C[C@@H]3O[C@H]1C[C@H](NC(=O)c2ccc(-c3ccc(C(=O)ON4C(=O)CCC4=O)cc3)cc2)[C@H](O)[C@H](C)O1. The van der Waals surface area contributed by atoms with Crippen LogP contribution in [0.25, 0.3) is 11.1 Å². The van der Waals surface area contributed by atoms with Crippen molar-refractivity contribution in [2.75, 3.05) is 13.7 Å². The van der Waals surface area contributed by atoms with Crippen LogP contribution < -0.4 is 10.1 Å². The van der Waals surface area contributed by atoms with Crippen molar-refractivity contribution in [2.45, 2.75) is 75.3 Å². The third-order valence-electron chi connectivity index (χ3n) is 11.9. The molecule has 18 nitrogen and oxygen atoms in total. The number of phenolic OH excluding ortho intramolecular Hbond substituents is 2. The van der Waals surface area contributed by atoms with Gasteiger partial charge in [0.15, 0.2) is 17.9 Å². The molecule has 18 heteroatoms. The Balaban J connectivity index is 1.01. The van der Waals surface area contributed by atoms with Gasteiger partial charge in [-0.3, -0.25) is 28.8 Å². The Morgan fingerprint density at radius 2 is 1.48 bits per heavy atom. The number of phenols is 2. The molecule has 8 rings (SSSR count). The van der Waals surface area contributed by atoms with Gasteiger partial charge in [0.05, 0.1) is 47.6 Å². The standard InChI is InChI=1S/C45H40N2O16/c1-20-38(52)27(46-43(57)23-10-6-21(7-11-23)22-8-12-24(13-9-22)44(58)63-47-31(50)14-15-32(47)51)16-33(61-20)62-29-18-45(59,30(49)19-48)17-26-35(29)42(56)37-36(40(26)54)39(53)25-4-3-5-28(60-2)34(25)41(37)55/h3-13,20,27,29,33,38,48,52,54,56,59H,14-19H2,1-2H3,(H,46,57)/t20-,27-,29-,33-,38+,45-/m0/s1. The summed E-state index contributed by atoms with van der Waals surface area (Å²) in [7, 11) is 1.30. The summed E-state index contributed by atoms with van der Waals surface area (Å²) in [6.07, 6.45) is -6.57. The number of amides is 3. The fraction of sp³-hybridized carbons (Fsp3) is 0.311. The summed E-state index contributed by atoms with van der Waals surface area (Å²) in [4.78, 5) is 95.5. The molecule has 0 unspecified atom stereocenters. The van der Waals surface area contributed by atoms with Crippen molar-refractivity contribution in [3.8, 4) is 28.4 Å². The summed E-state index contributed by atoms with van der Waals surface area (Å²) < 4.78 is 17.5. The van der Waals surface area contributed by atoms with Crippen LogP contribution >= 0.6 is 0 Å². The number of methoxy groups -OCH3 is 1. The number of Topliss-reactive ketones (excluding diaryl/α,β-unsaturated/α-hetero) is 1. The van der Waals surface area contributed by atoms with Gasteiger partial charge in [0.1, 0.15) is 35.6 Å². The van der Waals surface area contributed by atoms with Crippen LogP contribution in [0.15, 0.2) is 66.7 Å². The molecular formula is C45H40N2O16. The number of ether oxygens (including phenoxy) is 3. The van der Waals surface area contributed by atoms with E-state index in [-0.39, 0.29) is 58.4 Å². The zero-order valence-electron chi connectivity index (χ0n) is 33.7. The highest BCUT2D eigenvalue weighted by Crippen LogP contribution is 2.52. The molecule has 4 aliphatic rings. The van der Waals surface area contributed by atoms with E-state index < -0.39 is 119 Å². The quantitative estimate of drug-likeness (QED) is 0.0869. The van der Waals surface area contributed by atoms with Gasteiger partial charge >= 0.3 is 5.97 Å². The summed E-state index contributed by atoms with van der Waals surface area (Å²) in [6, 6.07) is 15.8. The van der Waals surface area contributed by atoms with Gasteiger partial charge in [-0.1, -0.05) is 36.4 Å². The zero-order chi connectivity index (χ0) is 45.1. The van der Waals surface area contributed by atoms with Crippen molar-refractivity contribution in [3.63, 3.8) is 0 Å². The van der Waals surface area contributed by atoms with Gasteiger partial charge in [0.25, 0.3) is 17.7 Å². The molecule has 2 aliphatic carbocycles. The first-order valence-corrected chi connectivity index (χ1v) is 19.9. The Bertz CT molecular complexity index is 2590. The number of ketones is 3. The number of nitrogens with zero attached hydrogens (tertiary/aromatic N) is 1. The maximum atomic E-state index is 14.0. The van der Waals surface area contributed by atoms with E-state index in [4.69, 9.17) is 19.0 Å². The number of imide groups is 1. The number of aliphatic hydroxyl groups excluding tert-OH is 2. The number of aliphatic hydroxyl groups is 3. The normalized spacial score (nSPS) is 24.0. The molecular weight excluding hydrogens is 824 g/mol. The maximum absolute atomic E-state index is 14.0. The average Bonchev–Trinajstić information content (AvgIpc) is 3.59. The molecule has 3 amide bonds. The maximum Gasteiger partial charge on any atom is 0.363 e. The second-order valence-corrected chi connectivity index (χ2v) is 15.7. The van der Waals surface area contributed by atoms with Crippen LogP contribution in [-0.2, 0) is 35.1 Å². The number of rotatable bonds is 10. The van der Waals surface area contributed by atoms with Crippen LogP contribution in [0, 0.1) is 0 Å². The summed E-state index contributed by atoms with van der Waals surface area (Å²) in [5, 5.41) is 59.2. The van der Waals surface area contributed by atoms with E-state index in [0.717, 1.165) is 0 Å². The second kappa shape index (κ2) is 16.5. The molecule has 6 atom stereocenters. The zero-order valence-corrected chi connectivity index (χ0v) is 33.7. The van der Waals surface area contributed by atoms with Crippen molar-refractivity contribution >= 4 is 41.0 Å². The molecule has 2 heterocycles. The fourth-order valence-electron chi connectivity index (χ4n) is 8.52. The van der Waals surface area contributed by atoms with Gasteiger partial charge < -0.3 is 49.9 Å². The van der Waals surface area contributed by atoms with Crippen LogP contribution in [-0.4, -0.2) is 115 Å². The fourth-order valence-corrected chi connectivity index (χ4v) is 8.52. The number of hydrogen-bond acceptors (Lipinski definition) is 16. The Labute approximate surface area is 357 Å². The molecule has 0 radical (unpaired) electrons. The second-order valence-electron chi connectivity index (χ2n) is 15.7. The topological polar surface area (TPSA) is 273 Å². The molecule has 0 bridgehead atoms. The minimum absolute atomic E-state index is 0.0361. The summed E-state index contributed by atoms with van der Waals surface area (Å²) in [6.45, 7) is 0.411. The highest BCUT2D eigenvalue weighted by Gasteiger charge is 2.50. The number of carbonyl (C=O) groups is 7. The first-order chi connectivity index (χ1) is 30.0. The Kier molecular flexibility index (Phi) is 11.2. The van der Waals surface area contributed by atoms with Gasteiger partial charge in [0, 0.05) is 54.4 Å². The largest absolute Gasteiger partial charge is 0.507 e. The minimum Gasteiger partial charge on any atom is -0.507 e. The van der Waals surface area contributed by atoms with E-state index in [9.17, 15) is 59.1 Å². The highest BCUT2D eigenvalue weighted by atomic mass is 16.7. The van der Waals surface area contributed by atoms with Crippen LogP contribution in [0.4, 0.5) is 0 Å². The van der Waals surface area contributed by atoms with E-state index >= 15 is 0 Å². The number of hydroxylamine groups is 2. The molecule has 4 aromatic rings. The van der Waals surface area contributed by atoms with Crippen molar-refractivity contribution in [2.24, 2.45) is 0 Å². The third kappa shape index (κ3) is 7.50. The molecule has 6 N–H and O–H groups in total. The smallest absolute Gasteiger partial charge is 0.363 e. The molecule has 0 spiro atoms. The number of fused-ring (bicyclic) bond motifs is 3. The number of aromatic hydroxyl groups is 2.